The Balaban J connectivity index is 2.46. The Morgan fingerprint density at radius 3 is 2.50 bits per heavy atom. The standard InChI is InChI=1S/C12H18N2O2/c1-3-16-11-7-4-10(5-8-11)6-9-12(15)14(2)13/h4-5,7-8H,3,6,9,13H2,1-2H3. The van der Waals surface area contributed by atoms with Crippen molar-refractivity contribution in [2.24, 2.45) is 5.84 Å². The summed E-state index contributed by atoms with van der Waals surface area (Å²) in [7, 11) is 1.56. The van der Waals surface area contributed by atoms with Crippen LogP contribution in [0.3, 0.4) is 0 Å². The molecule has 1 aromatic carbocycles. The van der Waals surface area contributed by atoms with Crippen LogP contribution in [0.2, 0.25) is 0 Å². The highest BCUT2D eigenvalue weighted by Crippen LogP contribution is 2.13. The first-order valence-electron chi connectivity index (χ1n) is 5.36. The lowest BCUT2D eigenvalue weighted by Gasteiger charge is -2.09. The predicted molar refractivity (Wildman–Crippen MR) is 62.9 cm³/mol. The van der Waals surface area contributed by atoms with E-state index >= 15 is 0 Å². The highest BCUT2D eigenvalue weighted by Gasteiger charge is 2.04. The van der Waals surface area contributed by atoms with Crippen LogP contribution in [0.25, 0.3) is 0 Å². The topological polar surface area (TPSA) is 55.6 Å². The van der Waals surface area contributed by atoms with Gasteiger partial charge in [0.15, 0.2) is 0 Å². The zero-order valence-corrected chi connectivity index (χ0v) is 9.77. The van der Waals surface area contributed by atoms with E-state index in [0.29, 0.717) is 19.4 Å². The van der Waals surface area contributed by atoms with Gasteiger partial charge >= 0.3 is 0 Å². The molecule has 0 bridgehead atoms. The lowest BCUT2D eigenvalue weighted by Crippen LogP contribution is -2.33. The van der Waals surface area contributed by atoms with Crippen LogP contribution in [0.1, 0.15) is 18.9 Å². The second-order valence-corrected chi connectivity index (χ2v) is 3.58. The van der Waals surface area contributed by atoms with Crippen LogP contribution < -0.4 is 10.6 Å². The van der Waals surface area contributed by atoms with Gasteiger partial charge in [-0.05, 0) is 31.0 Å². The monoisotopic (exact) mass is 222 g/mol. The first kappa shape index (κ1) is 12.5. The van der Waals surface area contributed by atoms with Gasteiger partial charge in [0.2, 0.25) is 5.91 Å². The maximum absolute atomic E-state index is 11.3. The van der Waals surface area contributed by atoms with Crippen molar-refractivity contribution < 1.29 is 9.53 Å². The normalized spacial score (nSPS) is 9.94. The van der Waals surface area contributed by atoms with Gasteiger partial charge in [-0.1, -0.05) is 12.1 Å². The van der Waals surface area contributed by atoms with Crippen molar-refractivity contribution in [3.63, 3.8) is 0 Å². The van der Waals surface area contributed by atoms with Crippen molar-refractivity contribution >= 4 is 5.91 Å². The van der Waals surface area contributed by atoms with Crippen LogP contribution in [-0.4, -0.2) is 24.6 Å². The average Bonchev–Trinajstić information content (AvgIpc) is 2.28. The van der Waals surface area contributed by atoms with Crippen molar-refractivity contribution in [1.82, 2.24) is 5.01 Å². The molecule has 0 unspecified atom stereocenters. The van der Waals surface area contributed by atoms with Crippen molar-refractivity contribution in [3.8, 4) is 5.75 Å². The quantitative estimate of drug-likeness (QED) is 0.465. The van der Waals surface area contributed by atoms with E-state index in [1.54, 1.807) is 7.05 Å². The molecule has 4 nitrogen and oxygen atoms in total. The predicted octanol–water partition coefficient (Wildman–Crippen LogP) is 1.35. The maximum atomic E-state index is 11.3. The molecule has 4 heteroatoms. The largest absolute Gasteiger partial charge is 0.494 e. The zero-order valence-electron chi connectivity index (χ0n) is 9.77. The molecular formula is C12H18N2O2. The number of rotatable bonds is 5. The molecule has 0 radical (unpaired) electrons. The Morgan fingerprint density at radius 1 is 1.38 bits per heavy atom. The number of carbonyl (C=O) groups is 1. The number of nitrogens with zero attached hydrogens (tertiary/aromatic N) is 1. The molecule has 0 aliphatic rings. The summed E-state index contributed by atoms with van der Waals surface area (Å²) in [6.07, 6.45) is 1.13. The van der Waals surface area contributed by atoms with E-state index in [-0.39, 0.29) is 5.91 Å². The van der Waals surface area contributed by atoms with Gasteiger partial charge in [-0.3, -0.25) is 9.80 Å². The molecule has 0 aliphatic carbocycles. The number of hydrogen-bond donors (Lipinski definition) is 1. The molecule has 0 aromatic heterocycles. The highest BCUT2D eigenvalue weighted by molar-refractivity contribution is 5.75. The second kappa shape index (κ2) is 6.12. The number of hydrazine groups is 1. The summed E-state index contributed by atoms with van der Waals surface area (Å²) in [5, 5.41) is 1.12. The number of benzene rings is 1. The van der Waals surface area contributed by atoms with E-state index in [4.69, 9.17) is 10.6 Å². The van der Waals surface area contributed by atoms with Gasteiger partial charge in [0.25, 0.3) is 0 Å². The Morgan fingerprint density at radius 2 is 2.00 bits per heavy atom. The molecule has 0 atom stereocenters. The van der Waals surface area contributed by atoms with Crippen molar-refractivity contribution in [2.45, 2.75) is 19.8 Å². The second-order valence-electron chi connectivity index (χ2n) is 3.58. The summed E-state index contributed by atoms with van der Waals surface area (Å²) >= 11 is 0. The number of amides is 1. The van der Waals surface area contributed by atoms with Gasteiger partial charge in [-0.25, -0.2) is 5.84 Å². The number of hydrogen-bond acceptors (Lipinski definition) is 3. The molecule has 16 heavy (non-hydrogen) atoms. The molecule has 0 fully saturated rings. The van der Waals surface area contributed by atoms with E-state index in [2.05, 4.69) is 0 Å². The fourth-order valence-electron chi connectivity index (χ4n) is 1.35. The molecule has 0 aliphatic heterocycles. The average molecular weight is 222 g/mol. The molecule has 0 saturated carbocycles. The minimum absolute atomic E-state index is 0.0612. The zero-order chi connectivity index (χ0) is 12.0. The smallest absolute Gasteiger partial charge is 0.236 e. The third-order valence-electron chi connectivity index (χ3n) is 2.26. The van der Waals surface area contributed by atoms with Gasteiger partial charge in [-0.15, -0.1) is 0 Å². The van der Waals surface area contributed by atoms with Crippen molar-refractivity contribution in [1.29, 1.82) is 0 Å². The number of aryl methyl sites for hydroxylation is 1. The van der Waals surface area contributed by atoms with E-state index in [1.807, 2.05) is 31.2 Å². The summed E-state index contributed by atoms with van der Waals surface area (Å²) in [4.78, 5) is 11.3. The molecule has 0 spiro atoms. The Bertz CT molecular complexity index is 333. The van der Waals surface area contributed by atoms with Crippen LogP contribution >= 0.6 is 0 Å². The molecule has 1 aromatic rings. The first-order valence-corrected chi connectivity index (χ1v) is 5.36. The summed E-state index contributed by atoms with van der Waals surface area (Å²) in [6.45, 7) is 2.61. The van der Waals surface area contributed by atoms with Crippen LogP contribution in [0.5, 0.6) is 5.75 Å². The fourth-order valence-corrected chi connectivity index (χ4v) is 1.35. The summed E-state index contributed by atoms with van der Waals surface area (Å²) in [6, 6.07) is 7.76. The third kappa shape index (κ3) is 3.90. The van der Waals surface area contributed by atoms with E-state index in [1.165, 1.54) is 0 Å². The van der Waals surface area contributed by atoms with E-state index in [0.717, 1.165) is 16.3 Å². The summed E-state index contributed by atoms with van der Waals surface area (Å²) < 4.78 is 5.33. The van der Waals surface area contributed by atoms with Gasteiger partial charge in [0.05, 0.1) is 6.61 Å². The van der Waals surface area contributed by atoms with Crippen LogP contribution in [0.4, 0.5) is 0 Å². The summed E-state index contributed by atoms with van der Waals surface area (Å²) in [5.41, 5.74) is 1.11. The number of nitrogens with two attached hydrogens (primary N) is 1. The molecule has 2 N–H and O–H groups in total. The molecule has 1 amide bonds. The SMILES string of the molecule is CCOc1ccc(CCC(=O)N(C)N)cc1. The molecular weight excluding hydrogens is 204 g/mol. The molecule has 88 valence electrons. The number of carbonyl (C=O) groups excluding carboxylic acids is 1. The van der Waals surface area contributed by atoms with Crippen LogP contribution in [0.15, 0.2) is 24.3 Å². The minimum atomic E-state index is -0.0612. The van der Waals surface area contributed by atoms with Gasteiger partial charge in [-0.2, -0.15) is 0 Å². The van der Waals surface area contributed by atoms with E-state index < -0.39 is 0 Å². The maximum Gasteiger partial charge on any atom is 0.236 e. The molecule has 0 saturated heterocycles. The van der Waals surface area contributed by atoms with Gasteiger partial charge < -0.3 is 4.74 Å². The van der Waals surface area contributed by atoms with Crippen LogP contribution in [-0.2, 0) is 11.2 Å². The van der Waals surface area contributed by atoms with Crippen molar-refractivity contribution in [2.75, 3.05) is 13.7 Å². The fraction of sp³-hybridized carbons (Fsp3) is 0.417. The lowest BCUT2D eigenvalue weighted by molar-refractivity contribution is -0.130. The summed E-state index contributed by atoms with van der Waals surface area (Å²) in [5.74, 6) is 6.12. The van der Waals surface area contributed by atoms with Gasteiger partial charge in [0.1, 0.15) is 5.75 Å². The number of ether oxygens (including phenoxy) is 1. The minimum Gasteiger partial charge on any atom is -0.494 e. The first-order chi connectivity index (χ1) is 7.63. The molecule has 1 rings (SSSR count). The Hall–Kier alpha value is -1.55. The Kier molecular flexibility index (Phi) is 4.79. The van der Waals surface area contributed by atoms with Crippen LogP contribution in [0, 0.1) is 0 Å². The lowest BCUT2D eigenvalue weighted by atomic mass is 10.1. The van der Waals surface area contributed by atoms with E-state index in [9.17, 15) is 4.79 Å². The van der Waals surface area contributed by atoms with Crippen molar-refractivity contribution in [3.05, 3.63) is 29.8 Å². The Labute approximate surface area is 96.0 Å². The third-order valence-corrected chi connectivity index (χ3v) is 2.26. The molecule has 0 heterocycles. The highest BCUT2D eigenvalue weighted by atomic mass is 16.5. The van der Waals surface area contributed by atoms with Gasteiger partial charge in [0, 0.05) is 13.5 Å².